The molecule has 0 saturated heterocycles. The van der Waals surface area contributed by atoms with Crippen LogP contribution in [0.25, 0.3) is 0 Å². The molecule has 0 aromatic rings. The van der Waals surface area contributed by atoms with E-state index in [9.17, 15) is 13.2 Å². The molecule has 19 heavy (non-hydrogen) atoms. The summed E-state index contributed by atoms with van der Waals surface area (Å²) in [4.78, 5) is 13.2. The van der Waals surface area contributed by atoms with Gasteiger partial charge in [-0.2, -0.15) is 11.8 Å². The van der Waals surface area contributed by atoms with Gasteiger partial charge in [-0.05, 0) is 12.2 Å². The van der Waals surface area contributed by atoms with E-state index in [1.165, 1.54) is 37.4 Å². The molecule has 1 amide bonds. The lowest BCUT2D eigenvalue weighted by Crippen LogP contribution is -2.39. The number of hydrogen-bond donors (Lipinski definition) is 0. The Labute approximate surface area is 121 Å². The van der Waals surface area contributed by atoms with Crippen LogP contribution in [0.5, 0.6) is 0 Å². The molecule has 0 fully saturated rings. The molecule has 0 bridgehead atoms. The number of sulfonamides is 1. The maximum absolute atomic E-state index is 11.5. The molecule has 5 nitrogen and oxygen atoms in total. The second-order valence-electron chi connectivity index (χ2n) is 4.56. The largest absolute Gasteiger partial charge is 0.341 e. The van der Waals surface area contributed by atoms with Crippen LogP contribution in [0.1, 0.15) is 26.7 Å². The molecule has 0 saturated carbocycles. The zero-order valence-corrected chi connectivity index (χ0v) is 14.0. The van der Waals surface area contributed by atoms with Crippen molar-refractivity contribution in [2.45, 2.75) is 26.7 Å². The molecule has 0 heterocycles. The highest BCUT2D eigenvalue weighted by Crippen LogP contribution is 2.05. The molecule has 0 aliphatic heterocycles. The van der Waals surface area contributed by atoms with Crippen LogP contribution in [0.2, 0.25) is 0 Å². The fraction of sp³-hybridized carbons (Fsp3) is 0.917. The zero-order valence-electron chi connectivity index (χ0n) is 12.4. The van der Waals surface area contributed by atoms with Gasteiger partial charge in [0.25, 0.3) is 0 Å². The summed E-state index contributed by atoms with van der Waals surface area (Å²) in [5.41, 5.74) is 0. The topological polar surface area (TPSA) is 57.7 Å². The van der Waals surface area contributed by atoms with Crippen LogP contribution < -0.4 is 0 Å². The van der Waals surface area contributed by atoms with E-state index < -0.39 is 10.0 Å². The first kappa shape index (κ1) is 18.7. The molecule has 0 atom stereocenters. The van der Waals surface area contributed by atoms with Crippen molar-refractivity contribution >= 4 is 27.7 Å². The third kappa shape index (κ3) is 9.29. The Hall–Kier alpha value is -0.270. The lowest BCUT2D eigenvalue weighted by atomic mass is 10.4. The molecule has 0 aliphatic carbocycles. The van der Waals surface area contributed by atoms with E-state index in [0.29, 0.717) is 19.6 Å². The summed E-state index contributed by atoms with van der Waals surface area (Å²) < 4.78 is 23.8. The Morgan fingerprint density at radius 1 is 1.16 bits per heavy atom. The normalized spacial score (nSPS) is 11.8. The second kappa shape index (κ2) is 9.61. The van der Waals surface area contributed by atoms with Gasteiger partial charge in [0, 0.05) is 39.4 Å². The highest BCUT2D eigenvalue weighted by atomic mass is 32.2. The summed E-state index contributed by atoms with van der Waals surface area (Å²) in [7, 11) is -1.64. The van der Waals surface area contributed by atoms with Crippen molar-refractivity contribution in [1.29, 1.82) is 0 Å². The SMILES string of the molecule is CCCCSCCN(CCN(C)S(C)(=O)=O)C(C)=O. The Morgan fingerprint density at radius 2 is 1.79 bits per heavy atom. The van der Waals surface area contributed by atoms with Gasteiger partial charge < -0.3 is 4.90 Å². The lowest BCUT2D eigenvalue weighted by Gasteiger charge is -2.23. The van der Waals surface area contributed by atoms with Crippen LogP contribution in [0.4, 0.5) is 0 Å². The van der Waals surface area contributed by atoms with Crippen LogP contribution >= 0.6 is 11.8 Å². The highest BCUT2D eigenvalue weighted by molar-refractivity contribution is 7.99. The molecule has 0 spiro atoms. The van der Waals surface area contributed by atoms with Gasteiger partial charge in [-0.25, -0.2) is 12.7 Å². The first-order valence-electron chi connectivity index (χ1n) is 6.53. The third-order valence-electron chi connectivity index (χ3n) is 2.84. The van der Waals surface area contributed by atoms with Gasteiger partial charge in [-0.1, -0.05) is 13.3 Å². The Kier molecular flexibility index (Phi) is 9.47. The lowest BCUT2D eigenvalue weighted by molar-refractivity contribution is -0.128. The second-order valence-corrected chi connectivity index (χ2v) is 7.87. The standard InChI is InChI=1S/C12H26N2O3S2/c1-5-6-10-18-11-9-14(12(2)15)8-7-13(3)19(4,16)17/h5-11H2,1-4H3. The number of carbonyl (C=O) groups excluding carboxylic acids is 1. The predicted molar refractivity (Wildman–Crippen MR) is 82.0 cm³/mol. The smallest absolute Gasteiger partial charge is 0.219 e. The molecule has 114 valence electrons. The van der Waals surface area contributed by atoms with Gasteiger partial charge in [0.2, 0.25) is 15.9 Å². The minimum Gasteiger partial charge on any atom is -0.341 e. The summed E-state index contributed by atoms with van der Waals surface area (Å²) in [6.45, 7) is 5.16. The summed E-state index contributed by atoms with van der Waals surface area (Å²) in [6.07, 6.45) is 3.55. The Morgan fingerprint density at radius 3 is 2.26 bits per heavy atom. The van der Waals surface area contributed by atoms with Crippen LogP contribution in [-0.4, -0.2) is 68.0 Å². The molecule has 0 aromatic carbocycles. The molecule has 7 heteroatoms. The van der Waals surface area contributed by atoms with Crippen molar-refractivity contribution < 1.29 is 13.2 Å². The molecule has 0 unspecified atom stereocenters. The van der Waals surface area contributed by atoms with E-state index in [1.54, 1.807) is 4.90 Å². The summed E-state index contributed by atoms with van der Waals surface area (Å²) >= 11 is 1.84. The number of thioether (sulfide) groups is 1. The molecular formula is C12H26N2O3S2. The molecule has 0 aromatic heterocycles. The molecule has 0 aliphatic rings. The van der Waals surface area contributed by atoms with Gasteiger partial charge >= 0.3 is 0 Å². The van der Waals surface area contributed by atoms with Crippen molar-refractivity contribution in [3.63, 3.8) is 0 Å². The van der Waals surface area contributed by atoms with E-state index in [2.05, 4.69) is 6.92 Å². The zero-order chi connectivity index (χ0) is 14.9. The third-order valence-corrected chi connectivity index (χ3v) is 5.21. The maximum Gasteiger partial charge on any atom is 0.219 e. The fourth-order valence-corrected chi connectivity index (χ4v) is 2.84. The maximum atomic E-state index is 11.5. The summed E-state index contributed by atoms with van der Waals surface area (Å²) in [6, 6.07) is 0. The van der Waals surface area contributed by atoms with Crippen LogP contribution in [0.3, 0.4) is 0 Å². The van der Waals surface area contributed by atoms with E-state index in [4.69, 9.17) is 0 Å². The summed E-state index contributed by atoms with van der Waals surface area (Å²) in [5.74, 6) is 2.02. The van der Waals surface area contributed by atoms with Crippen molar-refractivity contribution in [3.05, 3.63) is 0 Å². The minimum absolute atomic E-state index is 0.00186. The highest BCUT2D eigenvalue weighted by Gasteiger charge is 2.14. The molecular weight excluding hydrogens is 284 g/mol. The number of unbranched alkanes of at least 4 members (excludes halogenated alkanes) is 1. The van der Waals surface area contributed by atoms with Gasteiger partial charge in [0.15, 0.2) is 0 Å². The number of rotatable bonds is 10. The summed E-state index contributed by atoms with van der Waals surface area (Å²) in [5, 5.41) is 0. The minimum atomic E-state index is -3.17. The van der Waals surface area contributed by atoms with Gasteiger partial charge in [0.05, 0.1) is 6.26 Å². The number of carbonyl (C=O) groups is 1. The number of amides is 1. The number of hydrogen-bond acceptors (Lipinski definition) is 4. The first-order chi connectivity index (χ1) is 8.79. The van der Waals surface area contributed by atoms with E-state index in [-0.39, 0.29) is 5.91 Å². The van der Waals surface area contributed by atoms with E-state index in [0.717, 1.165) is 11.5 Å². The van der Waals surface area contributed by atoms with Gasteiger partial charge in [-0.3, -0.25) is 4.79 Å². The van der Waals surface area contributed by atoms with Crippen LogP contribution in [-0.2, 0) is 14.8 Å². The van der Waals surface area contributed by atoms with Crippen molar-refractivity contribution in [2.24, 2.45) is 0 Å². The average Bonchev–Trinajstić information content (AvgIpc) is 2.30. The average molecular weight is 310 g/mol. The van der Waals surface area contributed by atoms with E-state index in [1.807, 2.05) is 11.8 Å². The van der Waals surface area contributed by atoms with Crippen molar-refractivity contribution in [3.8, 4) is 0 Å². The van der Waals surface area contributed by atoms with Crippen molar-refractivity contribution in [2.75, 3.05) is 44.4 Å². The quantitative estimate of drug-likeness (QED) is 0.570. The van der Waals surface area contributed by atoms with Gasteiger partial charge in [0.1, 0.15) is 0 Å². The van der Waals surface area contributed by atoms with Crippen molar-refractivity contribution in [1.82, 2.24) is 9.21 Å². The Balaban J connectivity index is 4.03. The monoisotopic (exact) mass is 310 g/mol. The van der Waals surface area contributed by atoms with Crippen LogP contribution in [0.15, 0.2) is 0 Å². The van der Waals surface area contributed by atoms with E-state index >= 15 is 0 Å². The van der Waals surface area contributed by atoms with Gasteiger partial charge in [-0.15, -0.1) is 0 Å². The predicted octanol–water partition coefficient (Wildman–Crippen LogP) is 1.26. The molecule has 0 radical (unpaired) electrons. The van der Waals surface area contributed by atoms with Crippen LogP contribution in [0, 0.1) is 0 Å². The number of likely N-dealkylation sites (N-methyl/N-ethyl adjacent to an activating group) is 1. The Bertz CT molecular complexity index is 358. The fourth-order valence-electron chi connectivity index (χ4n) is 1.38. The first-order valence-corrected chi connectivity index (χ1v) is 9.54. The molecule has 0 rings (SSSR count). The molecule has 0 N–H and O–H groups in total. The number of nitrogens with zero attached hydrogens (tertiary/aromatic N) is 2.